The molecule has 1 amide bonds. The average Bonchev–Trinajstić information content (AvgIpc) is 2.43. The van der Waals surface area contributed by atoms with Gasteiger partial charge in [-0.25, -0.2) is 13.6 Å². The van der Waals surface area contributed by atoms with Crippen LogP contribution in [0.25, 0.3) is 5.57 Å². The molecule has 6 heteroatoms. The van der Waals surface area contributed by atoms with Gasteiger partial charge in [-0.15, -0.1) is 0 Å². The highest BCUT2D eigenvalue weighted by Gasteiger charge is 2.20. The molecule has 0 radical (unpaired) electrons. The highest BCUT2D eigenvalue weighted by molar-refractivity contribution is 9.10. The fourth-order valence-electron chi connectivity index (χ4n) is 2.06. The predicted octanol–water partition coefficient (Wildman–Crippen LogP) is 3.97. The molecule has 0 N–H and O–H groups in total. The predicted molar refractivity (Wildman–Crippen MR) is 75.2 cm³/mol. The van der Waals surface area contributed by atoms with Crippen molar-refractivity contribution in [2.45, 2.75) is 13.3 Å². The van der Waals surface area contributed by atoms with Gasteiger partial charge >= 0.3 is 6.09 Å². The average molecular weight is 346 g/mol. The number of rotatable bonds is 2. The van der Waals surface area contributed by atoms with Gasteiger partial charge in [0, 0.05) is 18.7 Å². The van der Waals surface area contributed by atoms with E-state index in [0.29, 0.717) is 31.7 Å². The Balaban J connectivity index is 2.16. The van der Waals surface area contributed by atoms with Crippen LogP contribution in [0.4, 0.5) is 13.6 Å². The topological polar surface area (TPSA) is 29.5 Å². The summed E-state index contributed by atoms with van der Waals surface area (Å²) in [5, 5.41) is 0. The number of hydrogen-bond acceptors (Lipinski definition) is 2. The zero-order valence-corrected chi connectivity index (χ0v) is 12.5. The molecule has 1 aliphatic heterocycles. The van der Waals surface area contributed by atoms with Crippen LogP contribution in [-0.4, -0.2) is 30.7 Å². The van der Waals surface area contributed by atoms with E-state index in [9.17, 15) is 13.6 Å². The van der Waals surface area contributed by atoms with Gasteiger partial charge in [-0.2, -0.15) is 0 Å². The van der Waals surface area contributed by atoms with Crippen LogP contribution in [0.5, 0.6) is 0 Å². The first kappa shape index (κ1) is 15.0. The SMILES string of the molecule is CCOC(=O)N1CC=C(c2cc(F)c(Br)cc2F)CC1. The van der Waals surface area contributed by atoms with Crippen molar-refractivity contribution >= 4 is 27.6 Å². The lowest BCUT2D eigenvalue weighted by Crippen LogP contribution is -2.35. The summed E-state index contributed by atoms with van der Waals surface area (Å²) in [7, 11) is 0. The van der Waals surface area contributed by atoms with Gasteiger partial charge in [-0.1, -0.05) is 6.08 Å². The highest BCUT2D eigenvalue weighted by atomic mass is 79.9. The first-order valence-electron chi connectivity index (χ1n) is 6.28. The van der Waals surface area contributed by atoms with Gasteiger partial charge in [0.25, 0.3) is 0 Å². The summed E-state index contributed by atoms with van der Waals surface area (Å²) in [5.74, 6) is -0.982. The third kappa shape index (κ3) is 3.17. The Morgan fingerprint density at radius 3 is 2.75 bits per heavy atom. The Morgan fingerprint density at radius 2 is 2.15 bits per heavy atom. The minimum absolute atomic E-state index is 0.100. The first-order chi connectivity index (χ1) is 9.52. The normalized spacial score (nSPS) is 15.0. The standard InChI is InChI=1S/C14H14BrF2NO2/c1-2-20-14(19)18-5-3-9(4-6-18)10-7-13(17)11(15)8-12(10)16/h3,7-8H,2,4-6H2,1H3. The van der Waals surface area contributed by atoms with Crippen LogP contribution in [-0.2, 0) is 4.74 Å². The molecule has 1 aromatic carbocycles. The van der Waals surface area contributed by atoms with E-state index in [1.165, 1.54) is 11.0 Å². The Kier molecular flexibility index (Phi) is 4.75. The Bertz CT molecular complexity index is 560. The van der Waals surface area contributed by atoms with Crippen LogP contribution in [0.2, 0.25) is 0 Å². The molecule has 0 bridgehead atoms. The maximum Gasteiger partial charge on any atom is 0.410 e. The molecular formula is C14H14BrF2NO2. The van der Waals surface area contributed by atoms with E-state index in [1.54, 1.807) is 13.0 Å². The minimum atomic E-state index is -0.505. The van der Waals surface area contributed by atoms with Crippen LogP contribution >= 0.6 is 15.9 Å². The van der Waals surface area contributed by atoms with Gasteiger partial charge in [0.15, 0.2) is 0 Å². The number of nitrogens with zero attached hydrogens (tertiary/aromatic N) is 1. The Morgan fingerprint density at radius 1 is 1.40 bits per heavy atom. The molecule has 1 heterocycles. The van der Waals surface area contributed by atoms with Gasteiger partial charge in [0.2, 0.25) is 0 Å². The van der Waals surface area contributed by atoms with Crippen LogP contribution < -0.4 is 0 Å². The van der Waals surface area contributed by atoms with Crippen molar-refractivity contribution in [3.05, 3.63) is 39.9 Å². The lowest BCUT2D eigenvalue weighted by Gasteiger charge is -2.26. The minimum Gasteiger partial charge on any atom is -0.450 e. The number of carbonyl (C=O) groups is 1. The number of ether oxygens (including phenoxy) is 1. The molecule has 0 aromatic heterocycles. The van der Waals surface area contributed by atoms with Crippen molar-refractivity contribution in [2.24, 2.45) is 0 Å². The monoisotopic (exact) mass is 345 g/mol. The number of halogens is 3. The second-order valence-electron chi connectivity index (χ2n) is 4.37. The molecule has 1 aliphatic rings. The van der Waals surface area contributed by atoms with Crippen LogP contribution in [0.15, 0.2) is 22.7 Å². The molecule has 3 nitrogen and oxygen atoms in total. The van der Waals surface area contributed by atoms with E-state index in [-0.39, 0.29) is 16.1 Å². The Hall–Kier alpha value is -1.43. The van der Waals surface area contributed by atoms with E-state index < -0.39 is 11.6 Å². The van der Waals surface area contributed by atoms with Crippen molar-refractivity contribution in [3.8, 4) is 0 Å². The third-order valence-corrected chi connectivity index (χ3v) is 3.70. The maximum atomic E-state index is 13.8. The molecule has 0 atom stereocenters. The zero-order valence-electron chi connectivity index (χ0n) is 11.0. The fourth-order valence-corrected chi connectivity index (χ4v) is 2.38. The van der Waals surface area contributed by atoms with Gasteiger partial charge in [-0.05, 0) is 47.0 Å². The largest absolute Gasteiger partial charge is 0.450 e. The third-order valence-electron chi connectivity index (χ3n) is 3.09. The summed E-state index contributed by atoms with van der Waals surface area (Å²) in [4.78, 5) is 13.1. The summed E-state index contributed by atoms with van der Waals surface area (Å²) in [6.45, 7) is 2.83. The highest BCUT2D eigenvalue weighted by Crippen LogP contribution is 2.28. The van der Waals surface area contributed by atoms with Crippen molar-refractivity contribution < 1.29 is 18.3 Å². The molecule has 0 unspecified atom stereocenters. The van der Waals surface area contributed by atoms with E-state index >= 15 is 0 Å². The van der Waals surface area contributed by atoms with Crippen LogP contribution in [0, 0.1) is 11.6 Å². The maximum absolute atomic E-state index is 13.8. The number of benzene rings is 1. The molecule has 0 saturated carbocycles. The second kappa shape index (κ2) is 6.35. The van der Waals surface area contributed by atoms with Crippen LogP contribution in [0.1, 0.15) is 18.9 Å². The molecule has 108 valence electrons. The van der Waals surface area contributed by atoms with Crippen molar-refractivity contribution in [1.82, 2.24) is 4.90 Å². The molecule has 0 aliphatic carbocycles. The Labute approximate surface area is 124 Å². The number of hydrogen-bond donors (Lipinski definition) is 0. The van der Waals surface area contributed by atoms with Crippen LogP contribution in [0.3, 0.4) is 0 Å². The zero-order chi connectivity index (χ0) is 14.7. The quantitative estimate of drug-likeness (QED) is 0.759. The van der Waals surface area contributed by atoms with E-state index in [1.807, 2.05) is 0 Å². The van der Waals surface area contributed by atoms with Gasteiger partial charge in [0.05, 0.1) is 11.1 Å². The van der Waals surface area contributed by atoms with Crippen molar-refractivity contribution in [3.63, 3.8) is 0 Å². The molecular weight excluding hydrogens is 332 g/mol. The van der Waals surface area contributed by atoms with Gasteiger partial charge in [-0.3, -0.25) is 0 Å². The summed E-state index contributed by atoms with van der Waals surface area (Å²) in [5.41, 5.74) is 0.948. The van der Waals surface area contributed by atoms with Crippen molar-refractivity contribution in [2.75, 3.05) is 19.7 Å². The molecule has 1 aromatic rings. The summed E-state index contributed by atoms with van der Waals surface area (Å²) >= 11 is 2.95. The summed E-state index contributed by atoms with van der Waals surface area (Å²) in [6.07, 6.45) is 1.81. The van der Waals surface area contributed by atoms with Crippen molar-refractivity contribution in [1.29, 1.82) is 0 Å². The molecule has 0 fully saturated rings. The molecule has 2 rings (SSSR count). The number of carbonyl (C=O) groups excluding carboxylic acids is 1. The smallest absolute Gasteiger partial charge is 0.410 e. The second-order valence-corrected chi connectivity index (χ2v) is 5.22. The molecule has 0 saturated heterocycles. The lowest BCUT2D eigenvalue weighted by atomic mass is 9.99. The number of amides is 1. The van der Waals surface area contributed by atoms with Gasteiger partial charge < -0.3 is 9.64 Å². The summed E-state index contributed by atoms with van der Waals surface area (Å²) < 4.78 is 32.3. The first-order valence-corrected chi connectivity index (χ1v) is 7.08. The van der Waals surface area contributed by atoms with E-state index in [0.717, 1.165) is 6.07 Å². The fraction of sp³-hybridized carbons (Fsp3) is 0.357. The van der Waals surface area contributed by atoms with Gasteiger partial charge in [0.1, 0.15) is 11.6 Å². The lowest BCUT2D eigenvalue weighted by molar-refractivity contribution is 0.111. The molecule has 0 spiro atoms. The van der Waals surface area contributed by atoms with E-state index in [2.05, 4.69) is 15.9 Å². The summed E-state index contributed by atoms with van der Waals surface area (Å²) in [6, 6.07) is 2.29. The van der Waals surface area contributed by atoms with E-state index in [4.69, 9.17) is 4.74 Å². The molecule has 20 heavy (non-hydrogen) atoms.